The van der Waals surface area contributed by atoms with Gasteiger partial charge < -0.3 is 15.4 Å². The molecule has 7 rings (SSSR count). The largest absolute Gasteiger partial charge is 0.465 e. The van der Waals surface area contributed by atoms with Crippen molar-refractivity contribution in [2.24, 2.45) is 0 Å². The highest BCUT2D eigenvalue weighted by Gasteiger charge is 2.37. The minimum Gasteiger partial charge on any atom is -0.465 e. The molecule has 0 bridgehead atoms. The van der Waals surface area contributed by atoms with Gasteiger partial charge in [-0.1, -0.05) is 72.8 Å². The second kappa shape index (κ2) is 13.9. The summed E-state index contributed by atoms with van der Waals surface area (Å²) in [5.41, 5.74) is 4.29. The van der Waals surface area contributed by atoms with Crippen molar-refractivity contribution in [3.8, 4) is 0 Å². The SMILES string of the molecule is COC(=O)c1c(NC(=O)CSc2cccc(NC(=O)N3c4ccccc4SC4C=CC=CC43)c2)sc2c1CCC(c1ccccc1)C2. The van der Waals surface area contributed by atoms with Gasteiger partial charge in [-0.05, 0) is 66.6 Å². The Kier molecular flexibility index (Phi) is 9.24. The Labute approximate surface area is 286 Å². The van der Waals surface area contributed by atoms with Gasteiger partial charge in [-0.3, -0.25) is 9.69 Å². The Balaban J connectivity index is 1.02. The summed E-state index contributed by atoms with van der Waals surface area (Å²) in [4.78, 5) is 44.6. The van der Waals surface area contributed by atoms with Crippen LogP contribution in [0.5, 0.6) is 0 Å². The summed E-state index contributed by atoms with van der Waals surface area (Å²) in [7, 11) is 1.37. The van der Waals surface area contributed by atoms with Gasteiger partial charge in [0.25, 0.3) is 0 Å². The number of methoxy groups -OCH3 is 1. The molecule has 3 amide bonds. The first kappa shape index (κ1) is 31.4. The summed E-state index contributed by atoms with van der Waals surface area (Å²) in [5, 5.41) is 6.77. The number of nitrogens with one attached hydrogen (secondary N) is 2. The van der Waals surface area contributed by atoms with Gasteiger partial charge in [-0.25, -0.2) is 9.59 Å². The smallest absolute Gasteiger partial charge is 0.341 e. The molecule has 0 spiro atoms. The second-order valence-corrected chi connectivity index (χ2v) is 14.9. The van der Waals surface area contributed by atoms with Crippen LogP contribution in [0.4, 0.5) is 21.2 Å². The number of thioether (sulfide) groups is 2. The third-order valence-electron chi connectivity index (χ3n) is 8.60. The number of benzene rings is 3. The van der Waals surface area contributed by atoms with Gasteiger partial charge in [0.05, 0.1) is 35.4 Å². The lowest BCUT2D eigenvalue weighted by atomic mass is 9.83. The molecule has 10 heteroatoms. The van der Waals surface area contributed by atoms with Crippen LogP contribution in [-0.2, 0) is 22.4 Å². The number of rotatable bonds is 7. The van der Waals surface area contributed by atoms with E-state index in [1.54, 1.807) is 11.8 Å². The molecule has 3 aliphatic rings. The number of carbonyl (C=O) groups excluding carboxylic acids is 3. The average molecular weight is 680 g/mol. The van der Waals surface area contributed by atoms with Crippen molar-refractivity contribution in [2.75, 3.05) is 28.4 Å². The first-order valence-corrected chi connectivity index (χ1v) is 18.2. The van der Waals surface area contributed by atoms with Gasteiger partial charge in [0.2, 0.25) is 5.91 Å². The molecule has 2 N–H and O–H groups in total. The number of esters is 1. The van der Waals surface area contributed by atoms with Crippen LogP contribution in [0.2, 0.25) is 0 Å². The first-order chi connectivity index (χ1) is 23.0. The van der Waals surface area contributed by atoms with Crippen LogP contribution in [0.15, 0.2) is 113 Å². The molecule has 47 heavy (non-hydrogen) atoms. The van der Waals surface area contributed by atoms with Crippen LogP contribution in [-0.4, -0.2) is 42.1 Å². The number of allylic oxidation sites excluding steroid dienone is 2. The minimum atomic E-state index is -0.423. The third kappa shape index (κ3) is 6.63. The molecule has 0 radical (unpaired) electrons. The molecule has 0 saturated heterocycles. The number of hydrogen-bond acceptors (Lipinski definition) is 7. The number of nitrogens with zero attached hydrogens (tertiary/aromatic N) is 1. The molecule has 2 heterocycles. The number of thiophene rings is 1. The standard InChI is InChI=1S/C37H33N3O4S3/c1-44-36(42)34-27-19-18-24(23-10-3-2-4-11-23)20-32(27)47-35(34)39-33(41)22-45-26-13-9-12-25(21-26)38-37(43)40-28-14-5-7-16-30(28)46-31-17-8-6-15-29(31)40/h2-17,21,24,28,30H,18-20,22H2,1H3,(H,38,43)(H,39,41). The molecule has 3 atom stereocenters. The molecule has 238 valence electrons. The maximum atomic E-state index is 13.7. The molecule has 4 aromatic rings. The monoisotopic (exact) mass is 679 g/mol. The van der Waals surface area contributed by atoms with Crippen LogP contribution < -0.4 is 15.5 Å². The summed E-state index contributed by atoms with van der Waals surface area (Å²) in [6, 6.07) is 25.6. The number of urea groups is 1. The van der Waals surface area contributed by atoms with E-state index in [2.05, 4.69) is 47.1 Å². The summed E-state index contributed by atoms with van der Waals surface area (Å²) in [6.45, 7) is 0. The molecule has 1 aromatic heterocycles. The maximum absolute atomic E-state index is 13.7. The predicted molar refractivity (Wildman–Crippen MR) is 192 cm³/mol. The first-order valence-electron chi connectivity index (χ1n) is 15.5. The normalized spacial score (nSPS) is 19.3. The Morgan fingerprint density at radius 1 is 0.957 bits per heavy atom. The zero-order valence-corrected chi connectivity index (χ0v) is 28.1. The summed E-state index contributed by atoms with van der Waals surface area (Å²) >= 11 is 4.61. The molecule has 7 nitrogen and oxygen atoms in total. The average Bonchev–Trinajstić information content (AvgIpc) is 3.46. The zero-order valence-electron chi connectivity index (χ0n) is 25.7. The Morgan fingerprint density at radius 2 is 1.77 bits per heavy atom. The van der Waals surface area contributed by atoms with Crippen LogP contribution in [0.3, 0.4) is 0 Å². The van der Waals surface area contributed by atoms with E-state index in [0.29, 0.717) is 22.2 Å². The van der Waals surface area contributed by atoms with Gasteiger partial charge in [-0.15, -0.1) is 34.9 Å². The number of carbonyl (C=O) groups is 3. The van der Waals surface area contributed by atoms with E-state index in [1.807, 2.05) is 71.6 Å². The number of amides is 3. The van der Waals surface area contributed by atoms with Crippen molar-refractivity contribution < 1.29 is 19.1 Å². The highest BCUT2D eigenvalue weighted by atomic mass is 32.2. The van der Waals surface area contributed by atoms with E-state index in [0.717, 1.165) is 45.2 Å². The van der Waals surface area contributed by atoms with Crippen molar-refractivity contribution in [3.05, 3.63) is 125 Å². The van der Waals surface area contributed by atoms with Crippen LogP contribution in [0, 0.1) is 0 Å². The molecule has 1 aliphatic heterocycles. The van der Waals surface area contributed by atoms with Gasteiger partial charge in [0.1, 0.15) is 5.00 Å². The van der Waals surface area contributed by atoms with Crippen LogP contribution >= 0.6 is 34.9 Å². The predicted octanol–water partition coefficient (Wildman–Crippen LogP) is 8.55. The van der Waals surface area contributed by atoms with Crippen molar-refractivity contribution in [1.29, 1.82) is 0 Å². The molecule has 2 aliphatic carbocycles. The van der Waals surface area contributed by atoms with Gasteiger partial charge >= 0.3 is 12.0 Å². The number of hydrogen-bond donors (Lipinski definition) is 2. The Bertz CT molecular complexity index is 1890. The Morgan fingerprint density at radius 3 is 2.62 bits per heavy atom. The van der Waals surface area contributed by atoms with Gasteiger partial charge in [-0.2, -0.15) is 0 Å². The summed E-state index contributed by atoms with van der Waals surface area (Å²) in [5.74, 6) is -0.114. The van der Waals surface area contributed by atoms with E-state index < -0.39 is 5.97 Å². The second-order valence-electron chi connectivity index (χ2n) is 11.5. The molecule has 0 saturated carbocycles. The van der Waals surface area contributed by atoms with E-state index in [-0.39, 0.29) is 29.0 Å². The quantitative estimate of drug-likeness (QED) is 0.150. The fourth-order valence-corrected chi connectivity index (χ4v) is 9.73. The number of ether oxygens (including phenoxy) is 1. The van der Waals surface area contributed by atoms with Gasteiger partial charge in [0.15, 0.2) is 0 Å². The van der Waals surface area contributed by atoms with E-state index in [1.165, 1.54) is 35.8 Å². The zero-order chi connectivity index (χ0) is 32.3. The molecular formula is C37H33N3O4S3. The lowest BCUT2D eigenvalue weighted by Gasteiger charge is -2.40. The number of fused-ring (bicyclic) bond motifs is 3. The van der Waals surface area contributed by atoms with Crippen molar-refractivity contribution in [2.45, 2.75) is 46.3 Å². The molecule has 0 fully saturated rings. The third-order valence-corrected chi connectivity index (χ3v) is 12.1. The lowest BCUT2D eigenvalue weighted by molar-refractivity contribution is -0.113. The summed E-state index contributed by atoms with van der Waals surface area (Å²) in [6.07, 6.45) is 10.7. The number of anilines is 3. The number of para-hydroxylation sites is 1. The topological polar surface area (TPSA) is 87.7 Å². The Hall–Kier alpha value is -4.25. The van der Waals surface area contributed by atoms with Crippen molar-refractivity contribution >= 4 is 69.1 Å². The summed E-state index contributed by atoms with van der Waals surface area (Å²) < 4.78 is 5.13. The van der Waals surface area contributed by atoms with Crippen molar-refractivity contribution in [1.82, 2.24) is 0 Å². The van der Waals surface area contributed by atoms with Gasteiger partial charge in [0, 0.05) is 20.4 Å². The van der Waals surface area contributed by atoms with Crippen molar-refractivity contribution in [3.63, 3.8) is 0 Å². The fraction of sp³-hybridized carbons (Fsp3) is 0.216. The highest BCUT2D eigenvalue weighted by Crippen LogP contribution is 2.44. The maximum Gasteiger partial charge on any atom is 0.341 e. The minimum absolute atomic E-state index is 0.0943. The fourth-order valence-electron chi connectivity index (χ4n) is 6.39. The molecule has 3 aromatic carbocycles. The van der Waals surface area contributed by atoms with E-state index in [4.69, 9.17) is 4.74 Å². The molecular weight excluding hydrogens is 647 g/mol. The molecule has 3 unspecified atom stereocenters. The highest BCUT2D eigenvalue weighted by molar-refractivity contribution is 8.00. The van der Waals surface area contributed by atoms with Crippen LogP contribution in [0.1, 0.15) is 38.7 Å². The van der Waals surface area contributed by atoms with E-state index >= 15 is 0 Å². The van der Waals surface area contributed by atoms with E-state index in [9.17, 15) is 14.4 Å². The lowest BCUT2D eigenvalue weighted by Crippen LogP contribution is -2.49. The van der Waals surface area contributed by atoms with Crippen LogP contribution in [0.25, 0.3) is 0 Å².